The van der Waals surface area contributed by atoms with Gasteiger partial charge in [0, 0.05) is 6.42 Å². The smallest absolute Gasteiger partial charge is 0.305 e. The van der Waals surface area contributed by atoms with E-state index in [1.54, 1.807) is 0 Å². The molecule has 0 aromatic carbocycles. The van der Waals surface area contributed by atoms with Crippen molar-refractivity contribution in [2.45, 2.75) is 39.2 Å². The normalized spacial score (nSPS) is 14.3. The van der Waals surface area contributed by atoms with E-state index in [1.165, 1.54) is 7.11 Å². The highest BCUT2D eigenvalue weighted by Crippen LogP contribution is 2.11. The molecule has 0 spiro atoms. The lowest BCUT2D eigenvalue weighted by Gasteiger charge is -2.10. The molecule has 0 fully saturated rings. The Labute approximate surface area is 91.4 Å². The molecule has 1 unspecified atom stereocenters. The van der Waals surface area contributed by atoms with Gasteiger partial charge in [-0.15, -0.1) is 0 Å². The minimum atomic E-state index is -0.586. The first kappa shape index (κ1) is 13.9. The Bertz CT molecular complexity index is 241. The summed E-state index contributed by atoms with van der Waals surface area (Å²) in [7, 11) is 1.35. The van der Waals surface area contributed by atoms with Crippen molar-refractivity contribution < 1.29 is 14.6 Å². The second-order valence-electron chi connectivity index (χ2n) is 3.23. The lowest BCUT2D eigenvalue weighted by molar-refractivity contribution is -0.141. The number of aliphatic hydroxyl groups is 1. The maximum atomic E-state index is 10.9. The van der Waals surface area contributed by atoms with Crippen molar-refractivity contribution >= 4 is 5.97 Å². The summed E-state index contributed by atoms with van der Waals surface area (Å²) in [6.07, 6.45) is 6.72. The van der Waals surface area contributed by atoms with Crippen LogP contribution in [0.15, 0.2) is 23.8 Å². The van der Waals surface area contributed by atoms with Crippen LogP contribution in [0.3, 0.4) is 0 Å². The van der Waals surface area contributed by atoms with Crippen LogP contribution in [0.4, 0.5) is 0 Å². The first-order valence-electron chi connectivity index (χ1n) is 5.23. The van der Waals surface area contributed by atoms with Gasteiger partial charge in [0.05, 0.1) is 13.2 Å². The fraction of sp³-hybridized carbons (Fsp3) is 0.583. The van der Waals surface area contributed by atoms with Gasteiger partial charge >= 0.3 is 5.97 Å². The summed E-state index contributed by atoms with van der Waals surface area (Å²) in [6, 6.07) is 0. The molecule has 3 nitrogen and oxygen atoms in total. The maximum absolute atomic E-state index is 10.9. The largest absolute Gasteiger partial charge is 0.469 e. The van der Waals surface area contributed by atoms with Crippen LogP contribution in [0, 0.1) is 0 Å². The zero-order chi connectivity index (χ0) is 11.7. The molecule has 0 radical (unpaired) electrons. The molecular formula is C12H20O3. The average Bonchev–Trinajstić information content (AvgIpc) is 2.26. The van der Waals surface area contributed by atoms with Crippen molar-refractivity contribution in [3.05, 3.63) is 23.8 Å². The second-order valence-corrected chi connectivity index (χ2v) is 3.23. The van der Waals surface area contributed by atoms with Crippen molar-refractivity contribution in [2.24, 2.45) is 0 Å². The molecule has 1 N–H and O–H groups in total. The summed E-state index contributed by atoms with van der Waals surface area (Å²) in [5.74, 6) is -0.288. The average molecular weight is 212 g/mol. The van der Waals surface area contributed by atoms with Crippen LogP contribution in [0.25, 0.3) is 0 Å². The van der Waals surface area contributed by atoms with Crippen molar-refractivity contribution in [1.29, 1.82) is 0 Å². The van der Waals surface area contributed by atoms with Crippen LogP contribution in [-0.2, 0) is 9.53 Å². The lowest BCUT2D eigenvalue weighted by Crippen LogP contribution is -2.12. The number of allylic oxidation sites excluding steroid dienone is 2. The number of methoxy groups -OCH3 is 1. The maximum Gasteiger partial charge on any atom is 0.305 e. The molecule has 0 heterocycles. The highest BCUT2D eigenvalue weighted by molar-refractivity contribution is 5.69. The Balaban J connectivity index is 4.11. The third-order valence-electron chi connectivity index (χ3n) is 2.11. The Morgan fingerprint density at radius 1 is 1.53 bits per heavy atom. The Hall–Kier alpha value is -1.09. The van der Waals surface area contributed by atoms with Gasteiger partial charge in [-0.3, -0.25) is 4.79 Å². The first-order chi connectivity index (χ1) is 7.15. The zero-order valence-corrected chi connectivity index (χ0v) is 9.69. The highest BCUT2D eigenvalue weighted by atomic mass is 16.5. The summed E-state index contributed by atoms with van der Waals surface area (Å²) < 4.78 is 4.51. The van der Waals surface area contributed by atoms with Gasteiger partial charge in [0.2, 0.25) is 0 Å². The van der Waals surface area contributed by atoms with E-state index in [2.05, 4.69) is 4.74 Å². The minimum Gasteiger partial charge on any atom is -0.469 e. The van der Waals surface area contributed by atoms with E-state index in [0.717, 1.165) is 12.0 Å². The van der Waals surface area contributed by atoms with Gasteiger partial charge in [0.15, 0.2) is 0 Å². The summed E-state index contributed by atoms with van der Waals surface area (Å²) in [6.45, 7) is 3.90. The SMILES string of the molecule is C/C=C(\C=C/CC)C(O)CCC(=O)OC. The molecule has 0 aromatic rings. The molecule has 0 rings (SSSR count). The molecule has 0 aliphatic rings. The molecule has 0 bridgehead atoms. The Morgan fingerprint density at radius 2 is 2.20 bits per heavy atom. The van der Waals surface area contributed by atoms with Gasteiger partial charge in [-0.2, -0.15) is 0 Å². The summed E-state index contributed by atoms with van der Waals surface area (Å²) >= 11 is 0. The number of hydrogen-bond donors (Lipinski definition) is 1. The topological polar surface area (TPSA) is 46.5 Å². The van der Waals surface area contributed by atoms with Gasteiger partial charge in [-0.25, -0.2) is 0 Å². The minimum absolute atomic E-state index is 0.245. The monoisotopic (exact) mass is 212 g/mol. The molecular weight excluding hydrogens is 192 g/mol. The summed E-state index contributed by atoms with van der Waals surface area (Å²) in [5.41, 5.74) is 0.848. The molecule has 0 aliphatic carbocycles. The van der Waals surface area contributed by atoms with E-state index in [-0.39, 0.29) is 12.4 Å². The molecule has 0 aliphatic heterocycles. The molecule has 3 heteroatoms. The number of esters is 1. The number of carbonyl (C=O) groups is 1. The lowest BCUT2D eigenvalue weighted by atomic mass is 10.0. The van der Waals surface area contributed by atoms with E-state index in [9.17, 15) is 9.90 Å². The van der Waals surface area contributed by atoms with Crippen LogP contribution in [0.1, 0.15) is 33.1 Å². The molecule has 86 valence electrons. The van der Waals surface area contributed by atoms with E-state index < -0.39 is 6.10 Å². The third-order valence-corrected chi connectivity index (χ3v) is 2.11. The van der Waals surface area contributed by atoms with Gasteiger partial charge in [-0.1, -0.05) is 25.2 Å². The quantitative estimate of drug-likeness (QED) is 0.542. The zero-order valence-electron chi connectivity index (χ0n) is 9.69. The molecule has 1 atom stereocenters. The predicted octanol–water partition coefficient (Wildman–Crippen LogP) is 2.21. The van der Waals surface area contributed by atoms with Crippen molar-refractivity contribution in [2.75, 3.05) is 7.11 Å². The Morgan fingerprint density at radius 3 is 2.67 bits per heavy atom. The van der Waals surface area contributed by atoms with Crippen LogP contribution < -0.4 is 0 Å². The number of rotatable bonds is 6. The van der Waals surface area contributed by atoms with E-state index in [1.807, 2.05) is 32.1 Å². The van der Waals surface area contributed by atoms with Crippen LogP contribution in [0.5, 0.6) is 0 Å². The summed E-state index contributed by atoms with van der Waals surface area (Å²) in [4.78, 5) is 10.9. The summed E-state index contributed by atoms with van der Waals surface area (Å²) in [5, 5.41) is 9.75. The highest BCUT2D eigenvalue weighted by Gasteiger charge is 2.10. The number of carbonyl (C=O) groups excluding carboxylic acids is 1. The first-order valence-corrected chi connectivity index (χ1v) is 5.23. The fourth-order valence-electron chi connectivity index (χ4n) is 1.18. The molecule has 0 amide bonds. The second kappa shape index (κ2) is 8.24. The van der Waals surface area contributed by atoms with Crippen molar-refractivity contribution in [1.82, 2.24) is 0 Å². The fourth-order valence-corrected chi connectivity index (χ4v) is 1.18. The van der Waals surface area contributed by atoms with Crippen molar-refractivity contribution in [3.8, 4) is 0 Å². The third kappa shape index (κ3) is 6.07. The van der Waals surface area contributed by atoms with Gasteiger partial charge in [-0.05, 0) is 25.3 Å². The number of hydrogen-bond acceptors (Lipinski definition) is 3. The molecule has 0 saturated carbocycles. The van der Waals surface area contributed by atoms with E-state index >= 15 is 0 Å². The standard InChI is InChI=1S/C12H20O3/c1-4-6-7-10(5-2)11(13)8-9-12(14)15-3/h5-7,11,13H,4,8-9H2,1-3H3/b7-6-,10-5+. The van der Waals surface area contributed by atoms with Crippen LogP contribution in [0.2, 0.25) is 0 Å². The van der Waals surface area contributed by atoms with Gasteiger partial charge < -0.3 is 9.84 Å². The van der Waals surface area contributed by atoms with Gasteiger partial charge in [0.1, 0.15) is 0 Å². The van der Waals surface area contributed by atoms with Crippen molar-refractivity contribution in [3.63, 3.8) is 0 Å². The van der Waals surface area contributed by atoms with Gasteiger partial charge in [0.25, 0.3) is 0 Å². The number of aliphatic hydroxyl groups excluding tert-OH is 1. The Kier molecular flexibility index (Phi) is 7.64. The number of ether oxygens (including phenoxy) is 1. The molecule has 15 heavy (non-hydrogen) atoms. The van der Waals surface area contributed by atoms with Crippen LogP contribution in [-0.4, -0.2) is 24.3 Å². The van der Waals surface area contributed by atoms with E-state index in [0.29, 0.717) is 6.42 Å². The van der Waals surface area contributed by atoms with Crippen LogP contribution >= 0.6 is 0 Å². The molecule has 0 aromatic heterocycles. The van der Waals surface area contributed by atoms with E-state index in [4.69, 9.17) is 0 Å². The predicted molar refractivity (Wildman–Crippen MR) is 60.4 cm³/mol. The molecule has 0 saturated heterocycles.